The Kier molecular flexibility index (Phi) is 5.32. The van der Waals surface area contributed by atoms with Crippen LogP contribution in [0, 0.1) is 0 Å². The van der Waals surface area contributed by atoms with Crippen LogP contribution in [0.1, 0.15) is 36.1 Å². The lowest BCUT2D eigenvalue weighted by atomic mass is 10.00. The zero-order valence-electron chi connectivity index (χ0n) is 17.9. The van der Waals surface area contributed by atoms with Crippen LogP contribution in [0.2, 0.25) is 0 Å². The second-order valence-corrected chi connectivity index (χ2v) is 8.75. The van der Waals surface area contributed by atoms with E-state index in [9.17, 15) is 9.59 Å². The number of aromatic amines is 1. The number of rotatable bonds is 3. The largest absolute Gasteiger partial charge is 0.341 e. The first-order valence-corrected chi connectivity index (χ1v) is 11.2. The lowest BCUT2D eigenvalue weighted by Crippen LogP contribution is -2.41. The average Bonchev–Trinajstić information content (AvgIpc) is 3.08. The molecule has 0 bridgehead atoms. The highest BCUT2D eigenvalue weighted by Gasteiger charge is 2.31. The molecule has 1 atom stereocenters. The van der Waals surface area contributed by atoms with Crippen LogP contribution in [0.5, 0.6) is 0 Å². The zero-order valence-corrected chi connectivity index (χ0v) is 17.9. The van der Waals surface area contributed by atoms with Crippen molar-refractivity contribution in [3.8, 4) is 0 Å². The highest BCUT2D eigenvalue weighted by molar-refractivity contribution is 5.91. The molecule has 1 aromatic heterocycles. The van der Waals surface area contributed by atoms with Crippen molar-refractivity contribution >= 4 is 16.7 Å². The van der Waals surface area contributed by atoms with Gasteiger partial charge in [0.15, 0.2) is 0 Å². The number of nitrogens with zero attached hydrogens (tertiary/aromatic N) is 3. The molecule has 1 aliphatic heterocycles. The second kappa shape index (κ2) is 8.27. The molecule has 1 aliphatic carbocycles. The van der Waals surface area contributed by atoms with E-state index in [2.05, 4.69) is 39.4 Å². The van der Waals surface area contributed by atoms with Crippen LogP contribution in [0.3, 0.4) is 0 Å². The summed E-state index contributed by atoms with van der Waals surface area (Å²) in [6.07, 6.45) is 3.19. The lowest BCUT2D eigenvalue weighted by molar-refractivity contribution is -0.132. The van der Waals surface area contributed by atoms with Crippen molar-refractivity contribution in [1.29, 1.82) is 0 Å². The molecule has 1 unspecified atom stereocenters. The molecule has 160 valence electrons. The van der Waals surface area contributed by atoms with Crippen molar-refractivity contribution in [3.05, 3.63) is 75.7 Å². The van der Waals surface area contributed by atoms with Gasteiger partial charge in [0.25, 0.3) is 5.56 Å². The summed E-state index contributed by atoms with van der Waals surface area (Å²) < 4.78 is 0. The molecule has 0 radical (unpaired) electrons. The van der Waals surface area contributed by atoms with Crippen LogP contribution in [0.4, 0.5) is 0 Å². The van der Waals surface area contributed by atoms with E-state index in [4.69, 9.17) is 0 Å². The molecule has 1 N–H and O–H groups in total. The SMILES string of the molecule is CC(C(=O)N1CCCN(C2Cc3ccccc3C2)CC1)c1n[nH]c(=O)c2ccccc12. The average molecular weight is 417 g/mol. The topological polar surface area (TPSA) is 69.3 Å². The van der Waals surface area contributed by atoms with Crippen LogP contribution in [0.15, 0.2) is 53.3 Å². The number of fused-ring (bicyclic) bond motifs is 2. The molecule has 1 fully saturated rings. The summed E-state index contributed by atoms with van der Waals surface area (Å²) in [5, 5.41) is 8.15. The van der Waals surface area contributed by atoms with Gasteiger partial charge in [0, 0.05) is 37.6 Å². The van der Waals surface area contributed by atoms with E-state index in [0.717, 1.165) is 50.8 Å². The van der Waals surface area contributed by atoms with Crippen molar-refractivity contribution in [2.75, 3.05) is 26.2 Å². The van der Waals surface area contributed by atoms with Gasteiger partial charge in [0.1, 0.15) is 0 Å². The fourth-order valence-corrected chi connectivity index (χ4v) is 5.17. The van der Waals surface area contributed by atoms with E-state index in [1.165, 1.54) is 11.1 Å². The summed E-state index contributed by atoms with van der Waals surface area (Å²) in [5.41, 5.74) is 3.36. The standard InChI is InChI=1S/C25H28N4O2/c1-17(23-21-9-4-5-10-22(21)24(30)27-26-23)25(31)29-12-6-11-28(13-14-29)20-15-18-7-2-3-8-19(18)16-20/h2-5,7-10,17,20H,6,11-16H2,1H3,(H,27,30). The van der Waals surface area contributed by atoms with Gasteiger partial charge >= 0.3 is 0 Å². The fourth-order valence-electron chi connectivity index (χ4n) is 5.17. The molecule has 5 rings (SSSR count). The van der Waals surface area contributed by atoms with Crippen molar-refractivity contribution in [2.24, 2.45) is 0 Å². The first kappa shape index (κ1) is 19.9. The van der Waals surface area contributed by atoms with Crippen LogP contribution >= 0.6 is 0 Å². The summed E-state index contributed by atoms with van der Waals surface area (Å²) in [6.45, 7) is 5.32. The normalized spacial score (nSPS) is 18.7. The third kappa shape index (κ3) is 3.76. The minimum absolute atomic E-state index is 0.0845. The predicted octanol–water partition coefficient (Wildman–Crippen LogP) is 2.73. The Bertz CT molecular complexity index is 1150. The Hall–Kier alpha value is -2.99. The minimum Gasteiger partial charge on any atom is -0.341 e. The molecule has 1 saturated heterocycles. The summed E-state index contributed by atoms with van der Waals surface area (Å²) >= 11 is 0. The number of carbonyl (C=O) groups excluding carboxylic acids is 1. The summed E-state index contributed by atoms with van der Waals surface area (Å²) in [5.74, 6) is -0.315. The van der Waals surface area contributed by atoms with Crippen LogP contribution < -0.4 is 5.56 Å². The molecule has 6 nitrogen and oxygen atoms in total. The number of hydrogen-bond acceptors (Lipinski definition) is 4. The van der Waals surface area contributed by atoms with Crippen molar-refractivity contribution in [1.82, 2.24) is 20.0 Å². The van der Waals surface area contributed by atoms with Gasteiger partial charge in [-0.25, -0.2) is 5.10 Å². The molecule has 3 aromatic rings. The van der Waals surface area contributed by atoms with Gasteiger partial charge in [-0.3, -0.25) is 14.5 Å². The Labute approximate surface area is 181 Å². The van der Waals surface area contributed by atoms with Crippen molar-refractivity contribution in [3.63, 3.8) is 0 Å². The zero-order chi connectivity index (χ0) is 21.4. The molecular formula is C25H28N4O2. The van der Waals surface area contributed by atoms with Crippen LogP contribution in [-0.2, 0) is 17.6 Å². The lowest BCUT2D eigenvalue weighted by Gasteiger charge is -2.28. The number of benzene rings is 2. The third-order valence-corrected chi connectivity index (χ3v) is 6.89. The summed E-state index contributed by atoms with van der Waals surface area (Å²) in [7, 11) is 0. The van der Waals surface area contributed by atoms with E-state index < -0.39 is 5.92 Å². The van der Waals surface area contributed by atoms with E-state index in [1.807, 2.05) is 30.0 Å². The number of H-pyrrole nitrogens is 1. The Balaban J connectivity index is 1.29. The third-order valence-electron chi connectivity index (χ3n) is 6.89. The highest BCUT2D eigenvalue weighted by Crippen LogP contribution is 2.27. The highest BCUT2D eigenvalue weighted by atomic mass is 16.2. The van der Waals surface area contributed by atoms with Crippen molar-refractivity contribution < 1.29 is 4.79 Å². The monoisotopic (exact) mass is 416 g/mol. The Morgan fingerprint density at radius 2 is 1.65 bits per heavy atom. The van der Waals surface area contributed by atoms with E-state index in [1.54, 1.807) is 6.07 Å². The second-order valence-electron chi connectivity index (χ2n) is 8.75. The number of hydrogen-bond donors (Lipinski definition) is 1. The Morgan fingerprint density at radius 3 is 2.39 bits per heavy atom. The molecule has 0 spiro atoms. The van der Waals surface area contributed by atoms with Gasteiger partial charge in [0.05, 0.1) is 17.0 Å². The predicted molar refractivity (Wildman–Crippen MR) is 121 cm³/mol. The smallest absolute Gasteiger partial charge is 0.272 e. The van der Waals surface area contributed by atoms with Gasteiger partial charge in [-0.1, -0.05) is 42.5 Å². The number of nitrogens with one attached hydrogen (secondary N) is 1. The quantitative estimate of drug-likeness (QED) is 0.713. The maximum Gasteiger partial charge on any atom is 0.272 e. The number of carbonyl (C=O) groups is 1. The van der Waals surface area contributed by atoms with Gasteiger partial charge in [-0.2, -0.15) is 5.10 Å². The van der Waals surface area contributed by atoms with Crippen LogP contribution in [0.25, 0.3) is 10.8 Å². The van der Waals surface area contributed by atoms with Gasteiger partial charge < -0.3 is 4.90 Å². The van der Waals surface area contributed by atoms with Crippen molar-refractivity contribution in [2.45, 2.75) is 38.1 Å². The molecule has 31 heavy (non-hydrogen) atoms. The molecule has 6 heteroatoms. The van der Waals surface area contributed by atoms with E-state index >= 15 is 0 Å². The fraction of sp³-hybridized carbons (Fsp3) is 0.400. The van der Waals surface area contributed by atoms with Crippen LogP contribution in [-0.4, -0.2) is 58.1 Å². The first-order valence-electron chi connectivity index (χ1n) is 11.2. The molecule has 0 saturated carbocycles. The maximum atomic E-state index is 13.4. The van der Waals surface area contributed by atoms with Gasteiger partial charge in [-0.15, -0.1) is 0 Å². The Morgan fingerprint density at radius 1 is 0.968 bits per heavy atom. The number of aromatic nitrogens is 2. The molecule has 2 aliphatic rings. The first-order chi connectivity index (χ1) is 15.1. The number of amides is 1. The van der Waals surface area contributed by atoms with E-state index in [0.29, 0.717) is 17.1 Å². The van der Waals surface area contributed by atoms with Gasteiger partial charge in [0.2, 0.25) is 5.91 Å². The molecular weight excluding hydrogens is 388 g/mol. The molecule has 2 heterocycles. The summed E-state index contributed by atoms with van der Waals surface area (Å²) in [6, 6.07) is 16.6. The van der Waals surface area contributed by atoms with Gasteiger partial charge in [-0.05, 0) is 43.4 Å². The summed E-state index contributed by atoms with van der Waals surface area (Å²) in [4.78, 5) is 30.0. The minimum atomic E-state index is -0.399. The maximum absolute atomic E-state index is 13.4. The van der Waals surface area contributed by atoms with E-state index in [-0.39, 0.29) is 11.5 Å². The molecule has 2 aromatic carbocycles. The molecule has 1 amide bonds.